The van der Waals surface area contributed by atoms with E-state index in [-0.39, 0.29) is 13.2 Å². The Bertz CT molecular complexity index is 1410. The summed E-state index contributed by atoms with van der Waals surface area (Å²) in [6.07, 6.45) is 2.93. The largest absolute Gasteiger partial charge is 0.396 e. The van der Waals surface area contributed by atoms with Gasteiger partial charge in [-0.1, -0.05) is 48.5 Å². The molecule has 5 N–H and O–H groups in total. The van der Waals surface area contributed by atoms with Crippen molar-refractivity contribution in [3.05, 3.63) is 72.6 Å². The number of hydrogen-bond donors (Lipinski definition) is 5. The Morgan fingerprint density at radius 1 is 1.00 bits per heavy atom. The van der Waals surface area contributed by atoms with Crippen molar-refractivity contribution < 1.29 is 20.1 Å². The molecule has 1 saturated heterocycles. The molecule has 3 atom stereocenters. The quantitative estimate of drug-likeness (QED) is 0.207. The lowest BCUT2D eigenvalue weighted by Gasteiger charge is -2.24. The number of aromatic nitrogens is 4. The molecule has 40 heavy (non-hydrogen) atoms. The molecule has 4 aromatic rings. The SMILES string of the molecule is CC(O)C(=O)N1CC(O)CC1c1ncc(-c2ccc(-c3ccc(-c4cnc(CN(C)CCCO)[nH]4)cc3)cc2)[nH]1. The third-order valence-electron chi connectivity index (χ3n) is 7.30. The molecule has 0 aliphatic carbocycles. The third kappa shape index (κ3) is 6.15. The number of benzene rings is 2. The number of amides is 1. The molecule has 1 fully saturated rings. The molecule has 3 unspecified atom stereocenters. The van der Waals surface area contributed by atoms with Gasteiger partial charge in [-0.05, 0) is 42.6 Å². The van der Waals surface area contributed by atoms with Crippen molar-refractivity contribution in [2.24, 2.45) is 0 Å². The van der Waals surface area contributed by atoms with Gasteiger partial charge in [-0.25, -0.2) is 9.97 Å². The molecule has 10 nitrogen and oxygen atoms in total. The number of carbonyl (C=O) groups excluding carboxylic acids is 1. The number of nitrogens with one attached hydrogen (secondary N) is 2. The van der Waals surface area contributed by atoms with E-state index in [1.807, 2.05) is 25.4 Å². The lowest BCUT2D eigenvalue weighted by Crippen LogP contribution is -2.38. The summed E-state index contributed by atoms with van der Waals surface area (Å²) in [5.41, 5.74) is 5.97. The highest BCUT2D eigenvalue weighted by Crippen LogP contribution is 2.33. The standard InChI is InChI=1S/C30H36N6O4/c1-19(38)30(40)36-17-24(39)14-27(36)29-32-16-26(34-29)23-10-6-21(7-11-23)20-4-8-22(9-5-20)25-15-31-28(33-25)18-35(2)12-3-13-37/h4-11,15-16,19,24,27,37-39H,3,12-14,17-18H2,1-2H3,(H,31,33)(H,32,34). The van der Waals surface area contributed by atoms with Gasteiger partial charge in [0.15, 0.2) is 0 Å². The molecule has 0 saturated carbocycles. The van der Waals surface area contributed by atoms with Crippen LogP contribution in [-0.4, -0.2) is 89.9 Å². The second-order valence-electron chi connectivity index (χ2n) is 10.5. The smallest absolute Gasteiger partial charge is 0.251 e. The summed E-state index contributed by atoms with van der Waals surface area (Å²) in [4.78, 5) is 31.7. The van der Waals surface area contributed by atoms with Crippen molar-refractivity contribution in [2.45, 2.75) is 44.6 Å². The van der Waals surface area contributed by atoms with Crippen molar-refractivity contribution in [3.63, 3.8) is 0 Å². The summed E-state index contributed by atoms with van der Waals surface area (Å²) >= 11 is 0. The number of imidazole rings is 2. The molecule has 2 aromatic carbocycles. The first-order chi connectivity index (χ1) is 19.3. The average molecular weight is 545 g/mol. The Morgan fingerprint density at radius 3 is 2.17 bits per heavy atom. The number of H-pyrrole nitrogens is 2. The summed E-state index contributed by atoms with van der Waals surface area (Å²) in [5.74, 6) is 1.08. The van der Waals surface area contributed by atoms with E-state index in [2.05, 4.69) is 61.2 Å². The van der Waals surface area contributed by atoms with Crippen LogP contribution < -0.4 is 0 Å². The molecule has 210 valence electrons. The number of carbonyl (C=O) groups is 1. The van der Waals surface area contributed by atoms with Gasteiger partial charge in [-0.15, -0.1) is 0 Å². The Kier molecular flexibility index (Phi) is 8.41. The molecule has 1 aliphatic rings. The number of hydrogen-bond acceptors (Lipinski definition) is 7. The molecule has 10 heteroatoms. The van der Waals surface area contributed by atoms with Gasteiger partial charge in [0.2, 0.25) is 0 Å². The molecule has 1 aliphatic heterocycles. The Balaban J connectivity index is 1.25. The van der Waals surface area contributed by atoms with E-state index in [1.54, 1.807) is 6.20 Å². The molecule has 0 bridgehead atoms. The predicted molar refractivity (Wildman–Crippen MR) is 152 cm³/mol. The summed E-state index contributed by atoms with van der Waals surface area (Å²) in [5, 5.41) is 28.9. The number of nitrogens with zero attached hydrogens (tertiary/aromatic N) is 4. The molecule has 1 amide bonds. The molecular weight excluding hydrogens is 508 g/mol. The van der Waals surface area contributed by atoms with Crippen LogP contribution in [0, 0.1) is 0 Å². The van der Waals surface area contributed by atoms with E-state index in [4.69, 9.17) is 5.11 Å². The van der Waals surface area contributed by atoms with E-state index < -0.39 is 24.2 Å². The number of likely N-dealkylation sites (tertiary alicyclic amines) is 1. The minimum atomic E-state index is -1.13. The van der Waals surface area contributed by atoms with E-state index >= 15 is 0 Å². The van der Waals surface area contributed by atoms with Crippen LogP contribution in [0.15, 0.2) is 60.9 Å². The maximum Gasteiger partial charge on any atom is 0.251 e. The Hall–Kier alpha value is -3.83. The minimum Gasteiger partial charge on any atom is -0.396 e. The maximum atomic E-state index is 12.4. The lowest BCUT2D eigenvalue weighted by molar-refractivity contribution is -0.140. The predicted octanol–water partition coefficient (Wildman–Crippen LogP) is 2.96. The fourth-order valence-electron chi connectivity index (χ4n) is 5.16. The summed E-state index contributed by atoms with van der Waals surface area (Å²) in [6.45, 7) is 3.32. The van der Waals surface area contributed by atoms with Gasteiger partial charge in [-0.3, -0.25) is 9.69 Å². The fourth-order valence-corrected chi connectivity index (χ4v) is 5.16. The van der Waals surface area contributed by atoms with E-state index in [0.29, 0.717) is 18.8 Å². The number of aliphatic hydroxyl groups is 3. The zero-order valence-corrected chi connectivity index (χ0v) is 22.8. The zero-order valence-electron chi connectivity index (χ0n) is 22.8. The van der Waals surface area contributed by atoms with Crippen LogP contribution in [0.3, 0.4) is 0 Å². The van der Waals surface area contributed by atoms with Gasteiger partial charge in [-0.2, -0.15) is 0 Å². The Morgan fingerprint density at radius 2 is 1.57 bits per heavy atom. The molecule has 5 rings (SSSR count). The highest BCUT2D eigenvalue weighted by atomic mass is 16.3. The number of β-amino-alcohol motifs (C(OH)–C–C–N with tert-alkyl or cyclic N) is 1. The highest BCUT2D eigenvalue weighted by Gasteiger charge is 2.38. The van der Waals surface area contributed by atoms with Crippen LogP contribution in [-0.2, 0) is 11.3 Å². The number of rotatable bonds is 10. The van der Waals surface area contributed by atoms with Gasteiger partial charge in [0.25, 0.3) is 5.91 Å². The first kappa shape index (κ1) is 27.7. The Labute approximate surface area is 233 Å². The highest BCUT2D eigenvalue weighted by molar-refractivity contribution is 5.81. The second kappa shape index (κ2) is 12.1. The molecule has 2 aromatic heterocycles. The van der Waals surface area contributed by atoms with E-state index in [1.165, 1.54) is 11.8 Å². The van der Waals surface area contributed by atoms with Crippen molar-refractivity contribution in [2.75, 3.05) is 26.7 Å². The second-order valence-corrected chi connectivity index (χ2v) is 10.5. The van der Waals surface area contributed by atoms with Gasteiger partial charge >= 0.3 is 0 Å². The van der Waals surface area contributed by atoms with E-state index in [9.17, 15) is 15.0 Å². The summed E-state index contributed by atoms with van der Waals surface area (Å²) in [7, 11) is 2.01. The van der Waals surface area contributed by atoms with Crippen LogP contribution in [0.1, 0.15) is 37.5 Å². The van der Waals surface area contributed by atoms with Crippen molar-refractivity contribution in [1.29, 1.82) is 0 Å². The lowest BCUT2D eigenvalue weighted by atomic mass is 10.0. The number of aliphatic hydroxyl groups excluding tert-OH is 3. The van der Waals surface area contributed by atoms with Crippen molar-refractivity contribution in [1.82, 2.24) is 29.7 Å². The first-order valence-corrected chi connectivity index (χ1v) is 13.6. The van der Waals surface area contributed by atoms with Crippen molar-refractivity contribution >= 4 is 5.91 Å². The average Bonchev–Trinajstić information content (AvgIpc) is 3.72. The third-order valence-corrected chi connectivity index (χ3v) is 7.30. The summed E-state index contributed by atoms with van der Waals surface area (Å²) in [6, 6.07) is 16.1. The van der Waals surface area contributed by atoms with Crippen LogP contribution in [0.2, 0.25) is 0 Å². The van der Waals surface area contributed by atoms with Gasteiger partial charge in [0.05, 0.1) is 42.5 Å². The molecule has 0 spiro atoms. The van der Waals surface area contributed by atoms with Crippen LogP contribution >= 0.6 is 0 Å². The molecule has 0 radical (unpaired) electrons. The number of aromatic amines is 2. The minimum absolute atomic E-state index is 0.183. The van der Waals surface area contributed by atoms with Gasteiger partial charge < -0.3 is 30.2 Å². The van der Waals surface area contributed by atoms with Crippen LogP contribution in [0.5, 0.6) is 0 Å². The normalized spacial score (nSPS) is 18.0. The van der Waals surface area contributed by atoms with Gasteiger partial charge in [0.1, 0.15) is 17.8 Å². The first-order valence-electron chi connectivity index (χ1n) is 13.6. The maximum absolute atomic E-state index is 12.4. The van der Waals surface area contributed by atoms with Crippen molar-refractivity contribution in [3.8, 4) is 33.6 Å². The van der Waals surface area contributed by atoms with E-state index in [0.717, 1.165) is 52.4 Å². The zero-order chi connectivity index (χ0) is 28.2. The molecule has 3 heterocycles. The fraction of sp³-hybridized carbons (Fsp3) is 0.367. The van der Waals surface area contributed by atoms with Crippen LogP contribution in [0.4, 0.5) is 0 Å². The summed E-state index contributed by atoms with van der Waals surface area (Å²) < 4.78 is 0. The topological polar surface area (TPSA) is 142 Å². The van der Waals surface area contributed by atoms with Crippen LogP contribution in [0.25, 0.3) is 33.6 Å². The molecular formula is C30H36N6O4. The monoisotopic (exact) mass is 544 g/mol. The van der Waals surface area contributed by atoms with Gasteiger partial charge in [0, 0.05) is 26.1 Å².